The average Bonchev–Trinajstić information content (AvgIpc) is 2.66. The molecule has 0 bridgehead atoms. The van der Waals surface area contributed by atoms with E-state index < -0.39 is 0 Å². The van der Waals surface area contributed by atoms with Crippen LogP contribution in [0.3, 0.4) is 0 Å². The number of unbranched alkanes of at least 4 members (excludes halogenated alkanes) is 18. The zero-order valence-electron chi connectivity index (χ0n) is 19.0. The summed E-state index contributed by atoms with van der Waals surface area (Å²) < 4.78 is 0. The molecule has 0 aromatic heterocycles. The van der Waals surface area contributed by atoms with Crippen LogP contribution in [0.15, 0.2) is 0 Å². The molecule has 0 aromatic carbocycles. The van der Waals surface area contributed by atoms with E-state index in [-0.39, 0.29) is 39.0 Å². The number of hydrogen-bond acceptors (Lipinski definition) is 2. The Morgan fingerprint density at radius 3 is 0.679 bits per heavy atom. The van der Waals surface area contributed by atoms with E-state index in [4.69, 9.17) is 25.3 Å². The molecule has 0 aromatic rings. The summed E-state index contributed by atoms with van der Waals surface area (Å²) >= 11 is 9.80. The first-order chi connectivity index (χ1) is 12.8. The Labute approximate surface area is 216 Å². The number of rotatable bonds is 20. The van der Waals surface area contributed by atoms with Gasteiger partial charge in [-0.2, -0.15) is 11.5 Å². The Morgan fingerprint density at radius 2 is 0.500 bits per heavy atom. The summed E-state index contributed by atoms with van der Waals surface area (Å²) in [4.78, 5) is 0. The van der Waals surface area contributed by atoms with Crippen molar-refractivity contribution in [2.75, 3.05) is 11.5 Å². The minimum atomic E-state index is 0. The van der Waals surface area contributed by atoms with Gasteiger partial charge in [-0.1, -0.05) is 142 Å². The molecule has 0 saturated heterocycles. The van der Waals surface area contributed by atoms with Gasteiger partial charge in [-0.25, -0.2) is 0 Å². The maximum Gasteiger partial charge on any atom is 0 e. The third kappa shape index (κ3) is 42.1. The van der Waals surface area contributed by atoms with E-state index in [1.807, 2.05) is 0 Å². The van der Waals surface area contributed by atoms with Gasteiger partial charge in [-0.05, 0) is 0 Å². The van der Waals surface area contributed by atoms with Crippen LogP contribution in [0.1, 0.15) is 142 Å². The predicted molar refractivity (Wildman–Crippen MR) is 128 cm³/mol. The van der Waals surface area contributed by atoms with Gasteiger partial charge in [0.15, 0.2) is 0 Å². The van der Waals surface area contributed by atoms with Gasteiger partial charge in [-0.3, -0.25) is 0 Å². The van der Waals surface area contributed by atoms with Gasteiger partial charge < -0.3 is 25.3 Å². The minimum Gasteiger partial charge on any atom is -0.793 e. The monoisotopic (exact) mass is 608 g/mol. The quantitative estimate of drug-likeness (QED) is 0.0769. The summed E-state index contributed by atoms with van der Waals surface area (Å²) in [6.45, 7) is 4.55. The molecule has 0 N–H and O–H groups in total. The standard InChI is InChI=1S/2C12H26S.2Rh/c2*1-2-3-4-5-6-7-8-9-10-11-12-13;;/h2*13H,2-12H2,1H3;;/p-2. The summed E-state index contributed by atoms with van der Waals surface area (Å²) in [7, 11) is 0. The van der Waals surface area contributed by atoms with Crippen LogP contribution in [0.5, 0.6) is 0 Å². The van der Waals surface area contributed by atoms with Crippen molar-refractivity contribution in [3.05, 3.63) is 0 Å². The molecule has 0 saturated carbocycles. The summed E-state index contributed by atoms with van der Waals surface area (Å²) in [5.41, 5.74) is 0. The maximum atomic E-state index is 4.90. The molecule has 0 heterocycles. The molecule has 0 spiro atoms. The second-order valence-electron chi connectivity index (χ2n) is 7.77. The normalized spacial score (nSPS) is 9.86. The third-order valence-electron chi connectivity index (χ3n) is 5.00. The first-order valence-electron chi connectivity index (χ1n) is 12.0. The van der Waals surface area contributed by atoms with Crippen molar-refractivity contribution in [3.8, 4) is 0 Å². The first kappa shape index (κ1) is 37.3. The summed E-state index contributed by atoms with van der Waals surface area (Å²) in [6.07, 6.45) is 28.1. The van der Waals surface area contributed by atoms with Crippen LogP contribution in [-0.4, -0.2) is 11.5 Å². The van der Waals surface area contributed by atoms with Gasteiger partial charge in [0.2, 0.25) is 0 Å². The van der Waals surface area contributed by atoms with Crippen LogP contribution in [0.2, 0.25) is 0 Å². The molecule has 0 amide bonds. The van der Waals surface area contributed by atoms with E-state index in [0.29, 0.717) is 0 Å². The molecule has 0 fully saturated rings. The SMILES string of the molecule is CCCCCCCCCCCC[S-].CCCCCCCCCCCC[S-].[Rh].[Rh]. The molecule has 0 aliphatic rings. The Balaban J connectivity index is -0.000000192. The number of hydrogen-bond donors (Lipinski definition) is 0. The minimum absolute atomic E-state index is 0. The molecule has 0 rings (SSSR count). The van der Waals surface area contributed by atoms with Crippen molar-refractivity contribution in [1.29, 1.82) is 0 Å². The van der Waals surface area contributed by atoms with Gasteiger partial charge in [0.1, 0.15) is 0 Å². The summed E-state index contributed by atoms with van der Waals surface area (Å²) in [5.74, 6) is 1.91. The molecule has 178 valence electrons. The van der Waals surface area contributed by atoms with Crippen molar-refractivity contribution >= 4 is 25.3 Å². The molecule has 0 unspecified atom stereocenters. The molecule has 0 nitrogen and oxygen atoms in total. The molecule has 0 aliphatic heterocycles. The molecule has 4 heteroatoms. The van der Waals surface area contributed by atoms with Crippen LogP contribution in [-0.2, 0) is 64.2 Å². The van der Waals surface area contributed by atoms with Gasteiger partial charge in [-0.15, -0.1) is 0 Å². The van der Waals surface area contributed by atoms with E-state index >= 15 is 0 Å². The van der Waals surface area contributed by atoms with Crippen LogP contribution in [0.4, 0.5) is 0 Å². The second kappa shape index (κ2) is 39.4. The summed E-state index contributed by atoms with van der Waals surface area (Å²) in [6, 6.07) is 0. The van der Waals surface area contributed by atoms with E-state index in [2.05, 4.69) is 13.8 Å². The molecular formula is C24H50Rh2S2-2. The van der Waals surface area contributed by atoms with E-state index in [0.717, 1.165) is 11.5 Å². The maximum absolute atomic E-state index is 4.90. The molecular weight excluding hydrogens is 558 g/mol. The van der Waals surface area contributed by atoms with Crippen molar-refractivity contribution in [3.63, 3.8) is 0 Å². The molecule has 0 atom stereocenters. The first-order valence-corrected chi connectivity index (χ1v) is 13.1. The topological polar surface area (TPSA) is 0 Å². The Kier molecular flexibility index (Phi) is 52.5. The molecule has 2 radical (unpaired) electrons. The molecule has 28 heavy (non-hydrogen) atoms. The van der Waals surface area contributed by atoms with Gasteiger partial charge in [0, 0.05) is 39.0 Å². The van der Waals surface area contributed by atoms with Crippen molar-refractivity contribution in [1.82, 2.24) is 0 Å². The zero-order valence-corrected chi connectivity index (χ0v) is 23.9. The van der Waals surface area contributed by atoms with Crippen LogP contribution >= 0.6 is 0 Å². The average molecular weight is 609 g/mol. The van der Waals surface area contributed by atoms with Crippen LogP contribution < -0.4 is 0 Å². The van der Waals surface area contributed by atoms with Gasteiger partial charge >= 0.3 is 0 Å². The van der Waals surface area contributed by atoms with E-state index in [9.17, 15) is 0 Å². The molecule has 0 aliphatic carbocycles. The van der Waals surface area contributed by atoms with Crippen molar-refractivity contribution < 1.29 is 39.0 Å². The largest absolute Gasteiger partial charge is 0.793 e. The fraction of sp³-hybridized carbons (Fsp3) is 1.00. The van der Waals surface area contributed by atoms with Crippen LogP contribution in [0.25, 0.3) is 0 Å². The smallest absolute Gasteiger partial charge is 0 e. The van der Waals surface area contributed by atoms with Gasteiger partial charge in [0.25, 0.3) is 0 Å². The van der Waals surface area contributed by atoms with Crippen molar-refractivity contribution in [2.24, 2.45) is 0 Å². The Morgan fingerprint density at radius 1 is 0.321 bits per heavy atom. The summed E-state index contributed by atoms with van der Waals surface area (Å²) in [5, 5.41) is 0. The van der Waals surface area contributed by atoms with Crippen molar-refractivity contribution in [2.45, 2.75) is 142 Å². The predicted octanol–water partition coefficient (Wildman–Crippen LogP) is 8.90. The Hall–Kier alpha value is 1.95. The second-order valence-corrected chi connectivity index (χ2v) is 8.59. The van der Waals surface area contributed by atoms with Gasteiger partial charge in [0.05, 0.1) is 0 Å². The van der Waals surface area contributed by atoms with E-state index in [1.54, 1.807) is 0 Å². The third-order valence-corrected chi connectivity index (χ3v) is 5.57. The fourth-order valence-corrected chi connectivity index (χ4v) is 3.59. The zero-order chi connectivity index (χ0) is 19.6. The van der Waals surface area contributed by atoms with Crippen LogP contribution in [0, 0.1) is 0 Å². The fourth-order valence-electron chi connectivity index (χ4n) is 3.18. The van der Waals surface area contributed by atoms with E-state index in [1.165, 1.54) is 128 Å². The Bertz CT molecular complexity index is 175.